The van der Waals surface area contributed by atoms with Gasteiger partial charge in [-0.05, 0) is 196 Å². The van der Waals surface area contributed by atoms with Crippen LogP contribution in [0.4, 0.5) is 0 Å². The van der Waals surface area contributed by atoms with Crippen LogP contribution in [0.25, 0.3) is 83.6 Å². The maximum absolute atomic E-state index is 13.7. The highest BCUT2D eigenvalue weighted by molar-refractivity contribution is 6.04. The summed E-state index contributed by atoms with van der Waals surface area (Å²) in [5.74, 6) is -7.34. The van der Waals surface area contributed by atoms with Gasteiger partial charge in [0.15, 0.2) is 0 Å². The smallest absolute Gasteiger partial charge is 0.334 e. The van der Waals surface area contributed by atoms with Gasteiger partial charge in [-0.25, -0.2) is 19.6 Å². The minimum atomic E-state index is -1.18. The van der Waals surface area contributed by atoms with Crippen LogP contribution >= 0.6 is 0 Å². The number of allylic oxidation sites excluding steroid dienone is 11. The molecule has 0 unspecified atom stereocenters. The molecule has 6 N–H and O–H groups in total. The molecule has 4 atom stereocenters. The Morgan fingerprint density at radius 3 is 1.27 bits per heavy atom. The van der Waals surface area contributed by atoms with Gasteiger partial charge < -0.3 is 58.6 Å². The molecule has 548 valence electrons. The van der Waals surface area contributed by atoms with Crippen LogP contribution in [0, 0.1) is 39.5 Å². The summed E-state index contributed by atoms with van der Waals surface area (Å²) in [4.78, 5) is 136. The lowest BCUT2D eigenvalue weighted by Gasteiger charge is -2.36. The van der Waals surface area contributed by atoms with Gasteiger partial charge in [-0.1, -0.05) is 49.6 Å². The first-order chi connectivity index (χ1) is 50.5. The molecule has 6 aliphatic rings. The molecule has 0 amide bonds. The highest BCUT2D eigenvalue weighted by atomic mass is 16.5. The maximum Gasteiger partial charge on any atom is 0.334 e. The third-order valence-electron chi connectivity index (χ3n) is 21.4. The SMILES string of the molecule is C=CC1=C(C)c2cc3nc(cc4[nH]c(cc5[nH]c(cc1n2)c(C)c5CCC(=O)O)c(CCC(=O)OC)c4C)[C@]1(C)C3=CC=C(C(=O)OC)[C@@H]1C(=O)OC.C=Cc1c(C)c2cc3nc(cc4[nH]c(cc5nc(cc1[nH]2)C(C)=C5CCC(=O)OC)c(CCC(=O)O)c4C)[C@]1(C)C3=CC=C(C(=O)OC)[C@@H]1C(=O)OC. The van der Waals surface area contributed by atoms with Crippen LogP contribution < -0.4 is 0 Å². The van der Waals surface area contributed by atoms with Crippen LogP contribution in [0.5, 0.6) is 0 Å². The van der Waals surface area contributed by atoms with Gasteiger partial charge >= 0.3 is 47.8 Å². The molecule has 6 aromatic heterocycles. The molecule has 106 heavy (non-hydrogen) atoms. The summed E-state index contributed by atoms with van der Waals surface area (Å²) in [5.41, 5.74) is 19.8. The number of aliphatic carboxylic acids is 2. The van der Waals surface area contributed by atoms with Crippen LogP contribution in [-0.4, -0.2) is 140 Å². The number of rotatable bonds is 18. The standard InChI is InChI=1S/2C41H42N4O8/c1-9-23-20(2)29-17-34-27-13-10-26(39(49)52-7)38(40(50)53-8)41(27,5)35(45-34)19-30-22(4)24(11-14-36(46)47)32(44-30)18-33-25(12-15-37(48)51-6)21(3)28(43-33)16-31(23)42-29;1-9-23-20(2)29-17-34-27-13-10-26(39(49)52-7)38(40(50)53-8)41(27,5)35(45-34)19-30-22(4)25(12-15-37(48)51-6)33(44-30)18-32-24(11-14-36(46)47)21(3)28(43-32)16-31(23)42-29/h9-10,13,16-19,38,42,44H,1,11-12,14-15H2,2-8H3,(H,46,47);9-10,13,16-19,38,43-44H,1,11-12,14-15H2,2-8H3,(H,46,47)/t2*38-,41+/m11/s1. The second-order valence-corrected chi connectivity index (χ2v) is 27.0. The van der Waals surface area contributed by atoms with Crippen molar-refractivity contribution >= 4 is 131 Å². The van der Waals surface area contributed by atoms with Crippen LogP contribution in [0.3, 0.4) is 0 Å². The third-order valence-corrected chi connectivity index (χ3v) is 21.4. The van der Waals surface area contributed by atoms with E-state index in [0.717, 1.165) is 83.4 Å². The van der Waals surface area contributed by atoms with Crippen molar-refractivity contribution in [3.05, 3.63) is 193 Å². The number of methoxy groups -OCH3 is 6. The Balaban J connectivity index is 0.000000212. The number of nitrogens with zero attached hydrogens (tertiary/aromatic N) is 4. The number of hydrogen-bond acceptors (Lipinski definition) is 18. The first-order valence-corrected chi connectivity index (χ1v) is 34.4. The number of carboxylic acids is 2. The molecular weight excluding hydrogens is 1350 g/mol. The van der Waals surface area contributed by atoms with Crippen molar-refractivity contribution in [1.29, 1.82) is 0 Å². The van der Waals surface area contributed by atoms with Crippen LogP contribution in [0.1, 0.15) is 150 Å². The number of hydrogen-bond donors (Lipinski definition) is 6. The number of aromatic amines is 4. The van der Waals surface area contributed by atoms with Gasteiger partial charge in [0.2, 0.25) is 0 Å². The lowest BCUT2D eigenvalue weighted by molar-refractivity contribution is -0.149. The van der Waals surface area contributed by atoms with E-state index in [2.05, 4.69) is 33.1 Å². The molecule has 0 saturated carbocycles. The number of ether oxygens (including phenoxy) is 6. The Labute approximate surface area is 610 Å². The molecule has 24 nitrogen and oxygen atoms in total. The topological polar surface area (TPSA) is 347 Å². The molecule has 0 saturated heterocycles. The summed E-state index contributed by atoms with van der Waals surface area (Å²) < 4.78 is 30.7. The summed E-state index contributed by atoms with van der Waals surface area (Å²) in [5, 5.41) is 19.3. The normalized spacial score (nSPS) is 17.8. The molecule has 0 aromatic carbocycles. The van der Waals surface area contributed by atoms with E-state index in [1.807, 2.05) is 104 Å². The Hall–Kier alpha value is -12.1. The Bertz CT molecular complexity index is 5410. The van der Waals surface area contributed by atoms with Crippen molar-refractivity contribution in [3.8, 4) is 0 Å². The van der Waals surface area contributed by atoms with E-state index in [0.29, 0.717) is 97.1 Å². The number of carbonyl (C=O) groups excluding carboxylic acids is 6. The van der Waals surface area contributed by atoms with Gasteiger partial charge in [0.1, 0.15) is 11.8 Å². The van der Waals surface area contributed by atoms with Crippen molar-refractivity contribution in [2.24, 2.45) is 11.8 Å². The van der Waals surface area contributed by atoms with Gasteiger partial charge in [0.25, 0.3) is 0 Å². The molecule has 10 heterocycles. The number of nitrogens with one attached hydrogen (secondary N) is 4. The summed E-state index contributed by atoms with van der Waals surface area (Å²) in [6.07, 6.45) is 11.6. The van der Waals surface area contributed by atoms with Crippen LogP contribution in [0.15, 0.2) is 103 Å². The van der Waals surface area contributed by atoms with E-state index >= 15 is 0 Å². The van der Waals surface area contributed by atoms with Crippen LogP contribution in [0.2, 0.25) is 0 Å². The average molecular weight is 1440 g/mol. The summed E-state index contributed by atoms with van der Waals surface area (Å²) in [6, 6.07) is 15.2. The van der Waals surface area contributed by atoms with E-state index in [-0.39, 0.29) is 61.6 Å². The monoisotopic (exact) mass is 1440 g/mol. The predicted molar refractivity (Wildman–Crippen MR) is 402 cm³/mol. The molecular formula is C82H84N8O16. The van der Waals surface area contributed by atoms with Crippen LogP contribution in [-0.2, 0) is 96.9 Å². The molecule has 0 fully saturated rings. The van der Waals surface area contributed by atoms with Gasteiger partial charge in [-0.15, -0.1) is 0 Å². The lowest BCUT2D eigenvalue weighted by atomic mass is 9.64. The molecule has 4 aliphatic heterocycles. The third kappa shape index (κ3) is 13.4. The Kier molecular flexibility index (Phi) is 21.2. The van der Waals surface area contributed by atoms with E-state index in [9.17, 15) is 48.6 Å². The fraction of sp³-hybridized carbons (Fsp3) is 0.317. The zero-order valence-corrected chi connectivity index (χ0v) is 61.7. The number of carboxylic acid groups (broad SMARTS) is 2. The van der Waals surface area contributed by atoms with Crippen molar-refractivity contribution in [1.82, 2.24) is 39.9 Å². The molecule has 24 heteroatoms. The second-order valence-electron chi connectivity index (χ2n) is 27.0. The summed E-state index contributed by atoms with van der Waals surface area (Å²) >= 11 is 0. The minimum absolute atomic E-state index is 0.0715. The summed E-state index contributed by atoms with van der Waals surface area (Å²) in [7, 11) is 7.78. The molecule has 0 spiro atoms. The van der Waals surface area contributed by atoms with Gasteiger partial charge in [0.05, 0.1) is 110 Å². The number of fused-ring (bicyclic) bond motifs is 22. The van der Waals surface area contributed by atoms with Crippen molar-refractivity contribution in [2.75, 3.05) is 42.7 Å². The average Bonchev–Trinajstić information content (AvgIpc) is 1.53. The first kappa shape index (κ1) is 75.1. The van der Waals surface area contributed by atoms with E-state index in [1.54, 1.807) is 36.5 Å². The maximum atomic E-state index is 13.7. The number of esters is 6. The fourth-order valence-corrected chi connectivity index (χ4v) is 15.4. The highest BCUT2D eigenvalue weighted by Crippen LogP contribution is 2.55. The van der Waals surface area contributed by atoms with E-state index < -0.39 is 58.5 Å². The number of aryl methyl sites for hydroxylation is 7. The van der Waals surface area contributed by atoms with Gasteiger partial charge in [-0.2, -0.15) is 0 Å². The Morgan fingerprint density at radius 2 is 0.821 bits per heavy atom. The lowest BCUT2D eigenvalue weighted by Crippen LogP contribution is -2.42. The quantitative estimate of drug-likeness (QED) is 0.0344. The van der Waals surface area contributed by atoms with Gasteiger partial charge in [-0.3, -0.25) is 38.7 Å². The van der Waals surface area contributed by atoms with E-state index in [1.165, 1.54) is 42.7 Å². The van der Waals surface area contributed by atoms with Gasteiger partial charge in [0, 0.05) is 81.0 Å². The molecule has 12 rings (SSSR count). The highest BCUT2D eigenvalue weighted by Gasteiger charge is 2.55. The zero-order chi connectivity index (χ0) is 76.7. The van der Waals surface area contributed by atoms with Crippen molar-refractivity contribution < 1.29 is 77.0 Å². The first-order valence-electron chi connectivity index (χ1n) is 34.4. The fourth-order valence-electron chi connectivity index (χ4n) is 15.4. The zero-order valence-electron chi connectivity index (χ0n) is 61.7. The van der Waals surface area contributed by atoms with E-state index in [4.69, 9.17) is 48.4 Å². The largest absolute Gasteiger partial charge is 0.481 e. The van der Waals surface area contributed by atoms with Crippen molar-refractivity contribution in [3.63, 3.8) is 0 Å². The molecule has 2 aliphatic carbocycles. The molecule has 6 aromatic rings. The Morgan fingerprint density at radius 1 is 0.425 bits per heavy atom. The molecule has 16 bridgehead atoms. The van der Waals surface area contributed by atoms with Crippen molar-refractivity contribution in [2.45, 2.75) is 118 Å². The second kappa shape index (κ2) is 29.9. The predicted octanol–water partition coefficient (Wildman–Crippen LogP) is 13.1. The summed E-state index contributed by atoms with van der Waals surface area (Å²) in [6.45, 7) is 23.5. The molecule has 0 radical (unpaired) electrons. The minimum Gasteiger partial charge on any atom is -0.481 e. The number of carbonyl (C=O) groups is 8. The number of aromatic nitrogens is 8. The number of H-pyrrole nitrogens is 4.